The molecule has 1 amide bonds. The van der Waals surface area contributed by atoms with Crippen LogP contribution in [0.25, 0.3) is 0 Å². The summed E-state index contributed by atoms with van der Waals surface area (Å²) in [7, 11) is 0. The third-order valence-corrected chi connectivity index (χ3v) is 5.11. The Balaban J connectivity index is 1.46. The van der Waals surface area contributed by atoms with Crippen molar-refractivity contribution >= 4 is 5.91 Å². The second-order valence-corrected chi connectivity index (χ2v) is 6.97. The number of benzene rings is 1. The molecule has 1 aliphatic rings. The molecule has 3 atom stereocenters. The Hall–Kier alpha value is -2.56. The number of carbonyl (C=O) groups is 1. The SMILES string of the molecule is C[C@@H]1[C@H](C)CCC[C@H]1NC(=O)COc1ccc(Oc2ccccn2)cc1. The Labute approximate surface area is 154 Å². The molecule has 2 aromatic rings. The van der Waals surface area contributed by atoms with Gasteiger partial charge in [0.2, 0.25) is 5.88 Å². The van der Waals surface area contributed by atoms with E-state index in [1.165, 1.54) is 12.8 Å². The number of hydrogen-bond acceptors (Lipinski definition) is 4. The quantitative estimate of drug-likeness (QED) is 0.845. The molecule has 138 valence electrons. The van der Waals surface area contributed by atoms with E-state index < -0.39 is 0 Å². The highest BCUT2D eigenvalue weighted by atomic mass is 16.5. The monoisotopic (exact) mass is 354 g/mol. The first kappa shape index (κ1) is 18.2. The fraction of sp³-hybridized carbons (Fsp3) is 0.429. The highest BCUT2D eigenvalue weighted by molar-refractivity contribution is 5.77. The maximum atomic E-state index is 12.2. The number of ether oxygens (including phenoxy) is 2. The lowest BCUT2D eigenvalue weighted by atomic mass is 9.78. The highest BCUT2D eigenvalue weighted by Crippen LogP contribution is 2.29. The number of rotatable bonds is 6. The highest BCUT2D eigenvalue weighted by Gasteiger charge is 2.28. The van der Waals surface area contributed by atoms with Gasteiger partial charge in [0.05, 0.1) is 0 Å². The van der Waals surface area contributed by atoms with E-state index in [-0.39, 0.29) is 18.6 Å². The third-order valence-electron chi connectivity index (χ3n) is 5.11. The molecule has 5 heteroatoms. The number of nitrogens with one attached hydrogen (secondary N) is 1. The number of amides is 1. The molecule has 1 saturated carbocycles. The van der Waals surface area contributed by atoms with E-state index >= 15 is 0 Å². The number of nitrogens with zero attached hydrogens (tertiary/aromatic N) is 1. The Bertz CT molecular complexity index is 703. The van der Waals surface area contributed by atoms with Crippen LogP contribution in [-0.2, 0) is 4.79 Å². The number of pyridine rings is 1. The number of carbonyl (C=O) groups excluding carboxylic acids is 1. The van der Waals surface area contributed by atoms with Crippen molar-refractivity contribution in [2.75, 3.05) is 6.61 Å². The van der Waals surface area contributed by atoms with E-state index in [1.54, 1.807) is 36.5 Å². The molecule has 0 aliphatic heterocycles. The maximum absolute atomic E-state index is 12.2. The van der Waals surface area contributed by atoms with Crippen LogP contribution in [-0.4, -0.2) is 23.5 Å². The summed E-state index contributed by atoms with van der Waals surface area (Å²) in [6.07, 6.45) is 5.15. The summed E-state index contributed by atoms with van der Waals surface area (Å²) in [5, 5.41) is 3.12. The fourth-order valence-electron chi connectivity index (χ4n) is 3.32. The van der Waals surface area contributed by atoms with E-state index in [4.69, 9.17) is 9.47 Å². The van der Waals surface area contributed by atoms with Crippen LogP contribution in [0.15, 0.2) is 48.7 Å². The van der Waals surface area contributed by atoms with Gasteiger partial charge in [0.15, 0.2) is 6.61 Å². The maximum Gasteiger partial charge on any atom is 0.258 e. The van der Waals surface area contributed by atoms with E-state index in [0.29, 0.717) is 29.2 Å². The Morgan fingerprint density at radius 3 is 2.62 bits per heavy atom. The summed E-state index contributed by atoms with van der Waals surface area (Å²) in [6, 6.07) is 12.9. The summed E-state index contributed by atoms with van der Waals surface area (Å²) >= 11 is 0. The van der Waals surface area contributed by atoms with Gasteiger partial charge in [0.1, 0.15) is 11.5 Å². The molecule has 5 nitrogen and oxygen atoms in total. The van der Waals surface area contributed by atoms with Crippen molar-refractivity contribution in [3.05, 3.63) is 48.7 Å². The van der Waals surface area contributed by atoms with Crippen LogP contribution in [0.5, 0.6) is 17.4 Å². The Kier molecular flexibility index (Phi) is 6.10. The van der Waals surface area contributed by atoms with Crippen molar-refractivity contribution in [3.8, 4) is 17.4 Å². The predicted octanol–water partition coefficient (Wildman–Crippen LogP) is 4.19. The zero-order chi connectivity index (χ0) is 18.4. The van der Waals surface area contributed by atoms with Crippen LogP contribution in [0.3, 0.4) is 0 Å². The average Bonchev–Trinajstić information content (AvgIpc) is 2.66. The van der Waals surface area contributed by atoms with Gasteiger partial charge in [-0.15, -0.1) is 0 Å². The van der Waals surface area contributed by atoms with Crippen LogP contribution in [0.2, 0.25) is 0 Å². The lowest BCUT2D eigenvalue weighted by molar-refractivity contribution is -0.124. The van der Waals surface area contributed by atoms with Gasteiger partial charge in [-0.3, -0.25) is 4.79 Å². The van der Waals surface area contributed by atoms with Crippen molar-refractivity contribution in [2.45, 2.75) is 39.2 Å². The lowest BCUT2D eigenvalue weighted by Crippen LogP contribution is -2.45. The smallest absolute Gasteiger partial charge is 0.258 e. The second kappa shape index (κ2) is 8.70. The fourth-order valence-corrected chi connectivity index (χ4v) is 3.32. The molecule has 0 bridgehead atoms. The van der Waals surface area contributed by atoms with Gasteiger partial charge in [-0.1, -0.05) is 32.8 Å². The first-order valence-corrected chi connectivity index (χ1v) is 9.23. The molecule has 0 spiro atoms. The van der Waals surface area contributed by atoms with Crippen molar-refractivity contribution in [1.29, 1.82) is 0 Å². The summed E-state index contributed by atoms with van der Waals surface area (Å²) in [5.74, 6) is 2.95. The average molecular weight is 354 g/mol. The molecule has 1 fully saturated rings. The Morgan fingerprint density at radius 1 is 1.12 bits per heavy atom. The van der Waals surface area contributed by atoms with Crippen molar-refractivity contribution in [1.82, 2.24) is 10.3 Å². The van der Waals surface area contributed by atoms with E-state index in [0.717, 1.165) is 6.42 Å². The van der Waals surface area contributed by atoms with Gasteiger partial charge in [-0.2, -0.15) is 0 Å². The molecule has 1 aromatic carbocycles. The minimum Gasteiger partial charge on any atom is -0.484 e. The van der Waals surface area contributed by atoms with Gasteiger partial charge in [0, 0.05) is 18.3 Å². The van der Waals surface area contributed by atoms with Crippen molar-refractivity contribution in [2.24, 2.45) is 11.8 Å². The van der Waals surface area contributed by atoms with Crippen LogP contribution in [0, 0.1) is 11.8 Å². The van der Waals surface area contributed by atoms with Gasteiger partial charge >= 0.3 is 0 Å². The summed E-state index contributed by atoms with van der Waals surface area (Å²) in [6.45, 7) is 4.50. The minimum absolute atomic E-state index is 0.0258. The standard InChI is InChI=1S/C21H26N2O3/c1-15-6-5-7-19(16(15)2)23-20(24)14-25-17-9-11-18(12-10-17)26-21-8-3-4-13-22-21/h3-4,8-13,15-16,19H,5-7,14H2,1-2H3,(H,23,24)/t15-,16-,19-/m1/s1. The molecule has 26 heavy (non-hydrogen) atoms. The van der Waals surface area contributed by atoms with Crippen LogP contribution in [0.1, 0.15) is 33.1 Å². The third kappa shape index (κ3) is 4.97. The molecule has 1 heterocycles. The zero-order valence-corrected chi connectivity index (χ0v) is 15.4. The van der Waals surface area contributed by atoms with E-state index in [1.807, 2.05) is 12.1 Å². The zero-order valence-electron chi connectivity index (χ0n) is 15.4. The van der Waals surface area contributed by atoms with Gasteiger partial charge < -0.3 is 14.8 Å². The molecular formula is C21H26N2O3. The summed E-state index contributed by atoms with van der Waals surface area (Å²) < 4.78 is 11.2. The van der Waals surface area contributed by atoms with Crippen molar-refractivity contribution < 1.29 is 14.3 Å². The number of aromatic nitrogens is 1. The molecule has 0 radical (unpaired) electrons. The van der Waals surface area contributed by atoms with E-state index in [9.17, 15) is 4.79 Å². The van der Waals surface area contributed by atoms with Gasteiger partial charge in [-0.05, 0) is 48.6 Å². The number of hydrogen-bond donors (Lipinski definition) is 1. The van der Waals surface area contributed by atoms with Crippen molar-refractivity contribution in [3.63, 3.8) is 0 Å². The first-order chi connectivity index (χ1) is 12.6. The van der Waals surface area contributed by atoms with Crippen LogP contribution in [0.4, 0.5) is 0 Å². The largest absolute Gasteiger partial charge is 0.484 e. The first-order valence-electron chi connectivity index (χ1n) is 9.23. The molecule has 3 rings (SSSR count). The Morgan fingerprint density at radius 2 is 1.88 bits per heavy atom. The predicted molar refractivity (Wildman–Crippen MR) is 100 cm³/mol. The van der Waals surface area contributed by atoms with Crippen LogP contribution < -0.4 is 14.8 Å². The normalized spacial score (nSPS) is 22.5. The summed E-state index contributed by atoms with van der Waals surface area (Å²) in [4.78, 5) is 16.3. The van der Waals surface area contributed by atoms with Crippen LogP contribution >= 0.6 is 0 Å². The lowest BCUT2D eigenvalue weighted by Gasteiger charge is -2.34. The molecule has 1 N–H and O–H groups in total. The van der Waals surface area contributed by atoms with Gasteiger partial charge in [-0.25, -0.2) is 4.98 Å². The molecule has 1 aromatic heterocycles. The second-order valence-electron chi connectivity index (χ2n) is 6.97. The minimum atomic E-state index is -0.0650. The molecule has 0 unspecified atom stereocenters. The van der Waals surface area contributed by atoms with Gasteiger partial charge in [0.25, 0.3) is 5.91 Å². The topological polar surface area (TPSA) is 60.5 Å². The summed E-state index contributed by atoms with van der Waals surface area (Å²) in [5.41, 5.74) is 0. The molecule has 0 saturated heterocycles. The van der Waals surface area contributed by atoms with E-state index in [2.05, 4.69) is 24.1 Å². The molecule has 1 aliphatic carbocycles. The molecular weight excluding hydrogens is 328 g/mol.